The molecule has 1 radical (unpaired) electrons. The summed E-state index contributed by atoms with van der Waals surface area (Å²) in [5.41, 5.74) is 1.67. The normalized spacial score (nSPS) is 11.0. The molecule has 3 aromatic carbocycles. The van der Waals surface area contributed by atoms with Crippen LogP contribution in [0.2, 0.25) is 0 Å². The highest BCUT2D eigenvalue weighted by Gasteiger charge is 2.33. The summed E-state index contributed by atoms with van der Waals surface area (Å²) in [5.74, 6) is 0. The molecule has 0 aliphatic heterocycles. The molecule has 3 aromatic rings. The average molecular weight is 298 g/mol. The Morgan fingerprint density at radius 1 is 0.739 bits per heavy atom. The van der Waals surface area contributed by atoms with E-state index < -0.39 is 5.60 Å². The van der Waals surface area contributed by atoms with Crippen molar-refractivity contribution in [3.63, 3.8) is 0 Å². The third kappa shape index (κ3) is 3.15. The van der Waals surface area contributed by atoms with Crippen LogP contribution < -0.4 is 0 Å². The van der Waals surface area contributed by atoms with Crippen molar-refractivity contribution >= 4 is 0 Å². The van der Waals surface area contributed by atoms with Gasteiger partial charge in [0, 0.05) is 6.42 Å². The fourth-order valence-electron chi connectivity index (χ4n) is 2.77. The van der Waals surface area contributed by atoms with Gasteiger partial charge in [0.15, 0.2) is 5.60 Å². The van der Waals surface area contributed by atoms with E-state index in [9.17, 15) is 5.11 Å². The quantitative estimate of drug-likeness (QED) is 0.700. The molecule has 0 atom stereocenters. The van der Waals surface area contributed by atoms with Crippen LogP contribution in [-0.2, 0) is 17.1 Å². The highest BCUT2D eigenvalue weighted by molar-refractivity contribution is 5.39. The topological polar surface area (TPSA) is 43.7 Å². The Morgan fingerprint density at radius 3 is 1.65 bits per heavy atom. The first kappa shape index (κ1) is 15.0. The molecule has 23 heavy (non-hydrogen) atoms. The minimum absolute atomic E-state index is 0.340. The van der Waals surface area contributed by atoms with Crippen LogP contribution in [0.15, 0.2) is 84.9 Å². The van der Waals surface area contributed by atoms with Crippen LogP contribution >= 0.6 is 0 Å². The molecule has 3 rings (SSSR count). The zero-order valence-corrected chi connectivity index (χ0v) is 12.6. The summed E-state index contributed by atoms with van der Waals surface area (Å²) in [4.78, 5) is 0. The Kier molecular flexibility index (Phi) is 4.23. The Morgan fingerprint density at radius 2 is 1.22 bits per heavy atom. The average Bonchev–Trinajstić information content (AvgIpc) is 2.64. The van der Waals surface area contributed by atoms with E-state index in [1.165, 1.54) is 0 Å². The number of nitrogens with zero attached hydrogens (tertiary/aromatic N) is 1. The van der Waals surface area contributed by atoms with Gasteiger partial charge in [-0.1, -0.05) is 72.8 Å². The molecule has 0 amide bonds. The molecule has 2 nitrogen and oxygen atoms in total. The van der Waals surface area contributed by atoms with Gasteiger partial charge in [0.1, 0.15) is 0 Å². The van der Waals surface area contributed by atoms with Crippen LogP contribution in [0.5, 0.6) is 0 Å². The molecule has 0 fully saturated rings. The molecule has 0 saturated carbocycles. The van der Waals surface area contributed by atoms with E-state index in [1.54, 1.807) is 12.1 Å². The van der Waals surface area contributed by atoms with E-state index in [2.05, 4.69) is 6.07 Å². The standard InChI is InChI=1S/C21H16NO/c22-16-18-13-11-17(12-14-18)15-21(23,19-7-3-1-4-8-19)20-9-5-2-6-10-20/h1-14H,15H2. The van der Waals surface area contributed by atoms with Gasteiger partial charge in [-0.25, -0.2) is 5.11 Å². The van der Waals surface area contributed by atoms with Gasteiger partial charge in [0.2, 0.25) is 0 Å². The second kappa shape index (κ2) is 6.48. The summed E-state index contributed by atoms with van der Waals surface area (Å²) in [7, 11) is 0. The van der Waals surface area contributed by atoms with E-state index in [-0.39, 0.29) is 0 Å². The fourth-order valence-corrected chi connectivity index (χ4v) is 2.77. The van der Waals surface area contributed by atoms with Crippen LogP contribution in [-0.4, -0.2) is 0 Å². The molecule has 0 saturated heterocycles. The third-order valence-corrected chi connectivity index (χ3v) is 4.02. The predicted octanol–water partition coefficient (Wildman–Crippen LogP) is 4.48. The van der Waals surface area contributed by atoms with E-state index >= 15 is 0 Å². The van der Waals surface area contributed by atoms with Crippen LogP contribution in [0.1, 0.15) is 22.3 Å². The Hall–Kier alpha value is -2.89. The van der Waals surface area contributed by atoms with Crippen molar-refractivity contribution in [2.24, 2.45) is 0 Å². The SMILES string of the molecule is N#Cc1ccc(CC([O])(c2ccccc2)c2ccccc2)cc1. The number of hydrogen-bond acceptors (Lipinski definition) is 1. The van der Waals surface area contributed by atoms with Gasteiger partial charge in [-0.15, -0.1) is 0 Å². The molecule has 2 heteroatoms. The maximum Gasteiger partial charge on any atom is 0.157 e. The smallest absolute Gasteiger partial charge is 0.157 e. The first-order valence-corrected chi connectivity index (χ1v) is 7.53. The number of hydrogen-bond donors (Lipinski definition) is 0. The minimum Gasteiger partial charge on any atom is -0.219 e. The van der Waals surface area contributed by atoms with Crippen LogP contribution in [0, 0.1) is 11.3 Å². The molecular formula is C21H16NO. The Labute approximate surface area is 136 Å². The van der Waals surface area contributed by atoms with Gasteiger partial charge >= 0.3 is 0 Å². The number of rotatable bonds is 4. The Balaban J connectivity index is 2.04. The lowest BCUT2D eigenvalue weighted by Crippen LogP contribution is -2.28. The van der Waals surface area contributed by atoms with Crippen LogP contribution in [0.3, 0.4) is 0 Å². The van der Waals surface area contributed by atoms with Gasteiger partial charge in [-0.05, 0) is 28.8 Å². The Bertz CT molecular complexity index is 762. The third-order valence-electron chi connectivity index (χ3n) is 4.02. The highest BCUT2D eigenvalue weighted by Crippen LogP contribution is 2.33. The lowest BCUT2D eigenvalue weighted by Gasteiger charge is -2.27. The molecule has 0 aliphatic carbocycles. The maximum atomic E-state index is 13.8. The van der Waals surface area contributed by atoms with Crippen LogP contribution in [0.4, 0.5) is 0 Å². The second-order valence-electron chi connectivity index (χ2n) is 5.54. The van der Waals surface area contributed by atoms with E-state index in [0.717, 1.165) is 16.7 Å². The molecule has 0 N–H and O–H groups in total. The largest absolute Gasteiger partial charge is 0.219 e. The fraction of sp³-hybridized carbons (Fsp3) is 0.0952. The van der Waals surface area contributed by atoms with E-state index in [4.69, 9.17) is 5.26 Å². The molecule has 0 spiro atoms. The zero-order chi connectivity index (χ0) is 16.1. The van der Waals surface area contributed by atoms with Crippen molar-refractivity contribution in [3.05, 3.63) is 107 Å². The summed E-state index contributed by atoms with van der Waals surface area (Å²) in [5, 5.41) is 22.7. The molecule has 0 aliphatic rings. The maximum absolute atomic E-state index is 13.8. The molecule has 0 heterocycles. The zero-order valence-electron chi connectivity index (χ0n) is 12.6. The summed E-state index contributed by atoms with van der Waals surface area (Å²) in [6.45, 7) is 0. The molecule has 111 valence electrons. The molecule has 0 unspecified atom stereocenters. The highest BCUT2D eigenvalue weighted by atomic mass is 16.3. The van der Waals surface area contributed by atoms with Gasteiger partial charge in [0.05, 0.1) is 11.6 Å². The lowest BCUT2D eigenvalue weighted by molar-refractivity contribution is 0.00322. The first-order valence-electron chi connectivity index (χ1n) is 7.53. The number of benzene rings is 3. The van der Waals surface area contributed by atoms with Crippen molar-refractivity contribution in [3.8, 4) is 6.07 Å². The second-order valence-corrected chi connectivity index (χ2v) is 5.54. The van der Waals surface area contributed by atoms with Gasteiger partial charge in [-0.2, -0.15) is 5.26 Å². The van der Waals surface area contributed by atoms with Gasteiger partial charge in [-0.3, -0.25) is 0 Å². The summed E-state index contributed by atoms with van der Waals surface area (Å²) < 4.78 is 0. The van der Waals surface area contributed by atoms with Gasteiger partial charge in [0.25, 0.3) is 0 Å². The van der Waals surface area contributed by atoms with Crippen molar-refractivity contribution < 1.29 is 5.11 Å². The van der Waals surface area contributed by atoms with E-state index in [0.29, 0.717) is 12.0 Å². The number of nitriles is 1. The molecular weight excluding hydrogens is 282 g/mol. The summed E-state index contributed by atoms with van der Waals surface area (Å²) >= 11 is 0. The van der Waals surface area contributed by atoms with E-state index in [1.807, 2.05) is 72.8 Å². The predicted molar refractivity (Wildman–Crippen MR) is 89.2 cm³/mol. The lowest BCUT2D eigenvalue weighted by atomic mass is 9.81. The van der Waals surface area contributed by atoms with Crippen molar-refractivity contribution in [1.29, 1.82) is 5.26 Å². The summed E-state index contributed by atoms with van der Waals surface area (Å²) in [6.07, 6.45) is 0.340. The monoisotopic (exact) mass is 298 g/mol. The van der Waals surface area contributed by atoms with Crippen molar-refractivity contribution in [1.82, 2.24) is 0 Å². The molecule has 0 bridgehead atoms. The first-order chi connectivity index (χ1) is 11.2. The van der Waals surface area contributed by atoms with Gasteiger partial charge < -0.3 is 0 Å². The minimum atomic E-state index is -1.35. The molecule has 0 aromatic heterocycles. The summed E-state index contributed by atoms with van der Waals surface area (Å²) in [6, 6.07) is 28.2. The van der Waals surface area contributed by atoms with Crippen molar-refractivity contribution in [2.75, 3.05) is 0 Å². The van der Waals surface area contributed by atoms with Crippen molar-refractivity contribution in [2.45, 2.75) is 12.0 Å². The van der Waals surface area contributed by atoms with Crippen LogP contribution in [0.25, 0.3) is 0 Å².